The minimum atomic E-state index is -0.580. The number of nitrogens with zero attached hydrogens (tertiary/aromatic N) is 4. The number of ether oxygens (including phenoxy) is 1. The lowest BCUT2D eigenvalue weighted by Gasteiger charge is -2.10. The summed E-state index contributed by atoms with van der Waals surface area (Å²) in [6.45, 7) is -0.411. The number of benzene rings is 4. The van der Waals surface area contributed by atoms with Gasteiger partial charge in [-0.05, 0) is 66.7 Å². The highest BCUT2D eigenvalue weighted by molar-refractivity contribution is 6.31. The van der Waals surface area contributed by atoms with E-state index in [4.69, 9.17) is 32.4 Å². The van der Waals surface area contributed by atoms with Crippen LogP contribution in [0.4, 0.5) is 11.4 Å². The summed E-state index contributed by atoms with van der Waals surface area (Å²) in [5.74, 6) is -0.0210. The van der Waals surface area contributed by atoms with Gasteiger partial charge in [0.2, 0.25) is 5.82 Å². The number of hydrogen-bond acceptors (Lipinski definition) is 8. The molecular weight excluding hydrogens is 609 g/mol. The zero-order chi connectivity index (χ0) is 30.8. The molecular formula is C31H19Cl2N5O6. The number of nitro groups is 1. The molecule has 44 heavy (non-hydrogen) atoms. The molecule has 1 amide bonds. The van der Waals surface area contributed by atoms with Crippen LogP contribution in [0.3, 0.4) is 0 Å². The fourth-order valence-corrected chi connectivity index (χ4v) is 4.70. The smallest absolute Gasteiger partial charge is 0.282 e. The normalized spacial score (nSPS) is 11.3. The highest BCUT2D eigenvalue weighted by Crippen LogP contribution is 2.29. The lowest BCUT2D eigenvalue weighted by atomic mass is 10.2. The molecule has 0 aliphatic heterocycles. The van der Waals surface area contributed by atoms with Gasteiger partial charge in [-0.15, -0.1) is 0 Å². The van der Waals surface area contributed by atoms with E-state index in [1.807, 2.05) is 0 Å². The van der Waals surface area contributed by atoms with Gasteiger partial charge in [0.1, 0.15) is 11.3 Å². The molecule has 1 N–H and O–H groups in total. The van der Waals surface area contributed by atoms with Crippen LogP contribution in [0.25, 0.3) is 33.5 Å². The Morgan fingerprint density at radius 2 is 1.80 bits per heavy atom. The zero-order valence-electron chi connectivity index (χ0n) is 22.4. The number of carbonyl (C=O) groups is 1. The van der Waals surface area contributed by atoms with Crippen LogP contribution in [0.2, 0.25) is 10.0 Å². The van der Waals surface area contributed by atoms with Crippen molar-refractivity contribution in [3.05, 3.63) is 127 Å². The lowest BCUT2D eigenvalue weighted by Crippen LogP contribution is -2.21. The number of fused-ring (bicyclic) bond motifs is 2. The number of rotatable bonds is 8. The van der Waals surface area contributed by atoms with Gasteiger partial charge in [0.05, 0.1) is 22.0 Å². The van der Waals surface area contributed by atoms with Gasteiger partial charge < -0.3 is 14.5 Å². The number of amides is 1. The summed E-state index contributed by atoms with van der Waals surface area (Å²) in [6.07, 6.45) is 1.22. The van der Waals surface area contributed by atoms with Gasteiger partial charge in [-0.3, -0.25) is 19.7 Å². The topological polar surface area (TPSA) is 142 Å². The second kappa shape index (κ2) is 12.0. The molecule has 218 valence electrons. The van der Waals surface area contributed by atoms with Gasteiger partial charge in [-0.25, -0.2) is 4.98 Å². The Kier molecular flexibility index (Phi) is 7.80. The second-order valence-corrected chi connectivity index (χ2v) is 10.3. The summed E-state index contributed by atoms with van der Waals surface area (Å²) >= 11 is 12.0. The monoisotopic (exact) mass is 627 g/mol. The van der Waals surface area contributed by atoms with E-state index in [2.05, 4.69) is 15.4 Å². The Morgan fingerprint density at radius 1 is 1.02 bits per heavy atom. The number of aromatic nitrogens is 2. The molecule has 13 heteroatoms. The van der Waals surface area contributed by atoms with Crippen molar-refractivity contribution in [2.45, 2.75) is 0 Å². The maximum Gasteiger partial charge on any atom is 0.282 e. The number of anilines is 1. The van der Waals surface area contributed by atoms with Crippen LogP contribution < -0.4 is 15.6 Å². The van der Waals surface area contributed by atoms with Crippen LogP contribution in [0.15, 0.2) is 105 Å². The lowest BCUT2D eigenvalue weighted by molar-refractivity contribution is -0.384. The van der Waals surface area contributed by atoms with Gasteiger partial charge >= 0.3 is 0 Å². The van der Waals surface area contributed by atoms with E-state index in [-0.39, 0.29) is 28.6 Å². The minimum absolute atomic E-state index is 0.0903. The number of hydrogen-bond donors (Lipinski definition) is 1. The molecule has 0 saturated heterocycles. The molecule has 11 nitrogen and oxygen atoms in total. The number of para-hydroxylation sites is 1. The first kappa shape index (κ1) is 28.6. The van der Waals surface area contributed by atoms with E-state index >= 15 is 0 Å². The number of nitrogens with one attached hydrogen (secondary N) is 1. The zero-order valence-corrected chi connectivity index (χ0v) is 24.0. The Balaban J connectivity index is 1.38. The van der Waals surface area contributed by atoms with Crippen molar-refractivity contribution in [1.82, 2.24) is 9.66 Å². The van der Waals surface area contributed by atoms with Crippen LogP contribution >= 0.6 is 23.2 Å². The van der Waals surface area contributed by atoms with Gasteiger partial charge in [-0.2, -0.15) is 9.78 Å². The highest BCUT2D eigenvalue weighted by atomic mass is 35.5. The first-order valence-electron chi connectivity index (χ1n) is 13.0. The van der Waals surface area contributed by atoms with Crippen molar-refractivity contribution in [3.63, 3.8) is 0 Å². The molecule has 0 spiro atoms. The first-order valence-corrected chi connectivity index (χ1v) is 13.7. The molecule has 2 heterocycles. The quantitative estimate of drug-likeness (QED) is 0.110. The van der Waals surface area contributed by atoms with Crippen LogP contribution in [-0.2, 0) is 4.79 Å². The Morgan fingerprint density at radius 3 is 2.59 bits per heavy atom. The van der Waals surface area contributed by atoms with Gasteiger partial charge in [-0.1, -0.05) is 35.3 Å². The van der Waals surface area contributed by atoms with Crippen LogP contribution in [-0.4, -0.2) is 33.3 Å². The highest BCUT2D eigenvalue weighted by Gasteiger charge is 2.18. The molecule has 0 atom stereocenters. The van der Waals surface area contributed by atoms with E-state index < -0.39 is 23.0 Å². The van der Waals surface area contributed by atoms with Crippen LogP contribution in [0.1, 0.15) is 5.56 Å². The predicted molar refractivity (Wildman–Crippen MR) is 168 cm³/mol. The molecule has 6 rings (SSSR count). The van der Waals surface area contributed by atoms with Crippen molar-refractivity contribution in [3.8, 4) is 17.3 Å². The third-order valence-electron chi connectivity index (χ3n) is 6.46. The SMILES string of the molecule is O=C(COc1ccc([N+](=O)[O-])cc1C=Nn1c(-c2cc3cc(Cl)ccc3o2)nc2ccccc2c1=O)Nc1ccc(Cl)cc1. The molecule has 0 bridgehead atoms. The van der Waals surface area contributed by atoms with Gasteiger partial charge in [0.15, 0.2) is 12.4 Å². The van der Waals surface area contributed by atoms with Crippen molar-refractivity contribution >= 4 is 68.6 Å². The fourth-order valence-electron chi connectivity index (χ4n) is 4.39. The van der Waals surface area contributed by atoms with E-state index in [1.165, 1.54) is 24.4 Å². The molecule has 0 saturated carbocycles. The number of halogens is 2. The number of nitro benzene ring substituents is 1. The van der Waals surface area contributed by atoms with E-state index in [9.17, 15) is 19.7 Å². The van der Waals surface area contributed by atoms with E-state index in [1.54, 1.807) is 72.8 Å². The number of furan rings is 1. The van der Waals surface area contributed by atoms with Crippen LogP contribution in [0, 0.1) is 10.1 Å². The molecule has 4 aromatic carbocycles. The summed E-state index contributed by atoms with van der Waals surface area (Å²) < 4.78 is 12.7. The molecule has 6 aromatic rings. The third-order valence-corrected chi connectivity index (χ3v) is 6.94. The average molecular weight is 628 g/mol. The fraction of sp³-hybridized carbons (Fsp3) is 0.0323. The molecule has 2 aromatic heterocycles. The van der Waals surface area contributed by atoms with E-state index in [0.717, 1.165) is 4.68 Å². The second-order valence-electron chi connectivity index (χ2n) is 9.43. The van der Waals surface area contributed by atoms with Crippen molar-refractivity contribution < 1.29 is 18.9 Å². The van der Waals surface area contributed by atoms with Gasteiger partial charge in [0.25, 0.3) is 17.2 Å². The summed E-state index contributed by atoms with van der Waals surface area (Å²) in [7, 11) is 0. The summed E-state index contributed by atoms with van der Waals surface area (Å²) in [5, 5.41) is 20.6. The maximum atomic E-state index is 13.6. The molecule has 0 unspecified atom stereocenters. The summed E-state index contributed by atoms with van der Waals surface area (Å²) in [4.78, 5) is 41.7. The largest absolute Gasteiger partial charge is 0.483 e. The number of carbonyl (C=O) groups excluding carboxylic acids is 1. The van der Waals surface area contributed by atoms with Crippen molar-refractivity contribution in [2.24, 2.45) is 5.10 Å². The summed E-state index contributed by atoms with van der Waals surface area (Å²) in [5.41, 5.74) is 0.841. The summed E-state index contributed by atoms with van der Waals surface area (Å²) in [6, 6.07) is 23.8. The maximum absolute atomic E-state index is 13.6. The molecule has 0 aliphatic rings. The van der Waals surface area contributed by atoms with Crippen molar-refractivity contribution in [1.29, 1.82) is 0 Å². The number of non-ortho nitro benzene ring substituents is 1. The molecule has 0 radical (unpaired) electrons. The Labute approximate surface area is 258 Å². The van der Waals surface area contributed by atoms with E-state index in [0.29, 0.717) is 37.6 Å². The molecule has 0 fully saturated rings. The first-order chi connectivity index (χ1) is 21.2. The Hall–Kier alpha value is -5.52. The average Bonchev–Trinajstić information content (AvgIpc) is 3.44. The molecule has 0 aliphatic carbocycles. The predicted octanol–water partition coefficient (Wildman–Crippen LogP) is 6.92. The third kappa shape index (κ3) is 6.00. The van der Waals surface area contributed by atoms with Crippen molar-refractivity contribution in [2.75, 3.05) is 11.9 Å². The van der Waals surface area contributed by atoms with Crippen LogP contribution in [0.5, 0.6) is 5.75 Å². The standard InChI is InChI=1S/C31H19Cl2N5O6/c32-20-5-8-22(9-6-20)35-29(39)17-43-26-12-10-23(38(41)42)14-19(26)16-34-37-30(36-25-4-2-1-3-24(25)31(37)40)28-15-18-13-21(33)7-11-27(18)44-28/h1-16H,17H2,(H,35,39). The Bertz CT molecular complexity index is 2160. The minimum Gasteiger partial charge on any atom is -0.483 e. The van der Waals surface area contributed by atoms with Gasteiger partial charge in [0, 0.05) is 38.8 Å².